The summed E-state index contributed by atoms with van der Waals surface area (Å²) in [6.07, 6.45) is 0. The van der Waals surface area contributed by atoms with Crippen LogP contribution in [0.2, 0.25) is 0 Å². The third kappa shape index (κ3) is 5.21. The van der Waals surface area contributed by atoms with E-state index < -0.39 is 6.04 Å². The molecule has 3 heteroatoms. The summed E-state index contributed by atoms with van der Waals surface area (Å²) in [4.78, 5) is 2.21. The van der Waals surface area contributed by atoms with Crippen molar-refractivity contribution in [2.24, 2.45) is 0 Å². The quantitative estimate of drug-likeness (QED) is 0.168. The Balaban J connectivity index is 1.12. The molecule has 2 heterocycles. The summed E-state index contributed by atoms with van der Waals surface area (Å²) >= 11 is 3.63. The summed E-state index contributed by atoms with van der Waals surface area (Å²) < 4.78 is 46.6. The zero-order valence-corrected chi connectivity index (χ0v) is 28.9. The summed E-state index contributed by atoms with van der Waals surface area (Å²) in [7, 11) is 0. The second kappa shape index (κ2) is 12.4. The average molecular weight is 691 g/mol. The molecule has 240 valence electrons. The molecule has 0 aliphatic rings. The molecule has 10 aromatic rings. The summed E-state index contributed by atoms with van der Waals surface area (Å²) in [5, 5.41) is 5.04. The second-order valence-corrected chi connectivity index (χ2v) is 14.7. The van der Waals surface area contributed by atoms with Crippen molar-refractivity contribution in [2.75, 3.05) is 4.90 Å². The van der Waals surface area contributed by atoms with Gasteiger partial charge in [-0.2, -0.15) is 0 Å². The zero-order valence-electron chi connectivity index (χ0n) is 32.3. The molecule has 0 aliphatic carbocycles. The molecule has 0 fully saturated rings. The molecule has 10 rings (SSSR count). The zero-order chi connectivity index (χ0) is 38.1. The van der Waals surface area contributed by atoms with Crippen LogP contribution in [0.5, 0.6) is 0 Å². The Labute approximate surface area is 312 Å². The number of hydrogen-bond donors (Lipinski definition) is 0. The number of hydrogen-bond acceptors (Lipinski definition) is 3. The molecule has 0 bridgehead atoms. The maximum Gasteiger partial charge on any atom is 0.0629 e. The normalized spacial score (nSPS) is 12.9. The molecule has 51 heavy (non-hydrogen) atoms. The van der Waals surface area contributed by atoms with Gasteiger partial charge >= 0.3 is 0 Å². The van der Waals surface area contributed by atoms with Gasteiger partial charge in [0.1, 0.15) is 0 Å². The van der Waals surface area contributed by atoms with E-state index in [0.29, 0.717) is 5.56 Å². The largest absolute Gasteiger partial charge is 0.310 e. The molecule has 0 atom stereocenters. The topological polar surface area (TPSA) is 3.24 Å². The van der Waals surface area contributed by atoms with E-state index in [-0.39, 0.29) is 29.7 Å². The monoisotopic (exact) mass is 690 g/mol. The van der Waals surface area contributed by atoms with Gasteiger partial charge in [-0.1, -0.05) is 133 Å². The van der Waals surface area contributed by atoms with Crippen molar-refractivity contribution < 1.29 is 6.85 Å². The molecule has 0 spiro atoms. The Morgan fingerprint density at radius 2 is 0.882 bits per heavy atom. The molecule has 8 aromatic carbocycles. The molecule has 0 saturated heterocycles. The lowest BCUT2D eigenvalue weighted by molar-refractivity contribution is 1.29. The van der Waals surface area contributed by atoms with Crippen molar-refractivity contribution in [3.8, 4) is 33.4 Å². The summed E-state index contributed by atoms with van der Waals surface area (Å²) in [6, 6.07) is 53.6. The van der Waals surface area contributed by atoms with Crippen LogP contribution in [-0.4, -0.2) is 0 Å². The number of nitrogens with zero attached hydrogens (tertiary/aromatic N) is 1. The lowest BCUT2D eigenvalue weighted by Gasteiger charge is -2.26. The number of fused-ring (bicyclic) bond motifs is 6. The van der Waals surface area contributed by atoms with Crippen molar-refractivity contribution in [1.82, 2.24) is 0 Å². The number of thiophene rings is 2. The van der Waals surface area contributed by atoms with Gasteiger partial charge < -0.3 is 4.90 Å². The van der Waals surface area contributed by atoms with Gasteiger partial charge in [0.25, 0.3) is 0 Å². The summed E-state index contributed by atoms with van der Waals surface area (Å²) in [5.74, 6) is 0. The smallest absolute Gasteiger partial charge is 0.0629 e. The molecule has 0 radical (unpaired) electrons. The molecular weight excluding hydrogens is 655 g/mol. The standard InChI is InChI=1S/C48H31NS2/c1-3-11-32(12-4-1)34-21-25-36(26-22-34)49(37-27-23-35(24-28-37)33-13-5-2-6-14-33)38-29-30-42-46(31-38)51-45-20-10-17-40(48(42)45)39-16-9-19-44-47(39)41-15-7-8-18-43(41)50-44/h1-31H/i1D,3D,4D,11D,12D. The van der Waals surface area contributed by atoms with Crippen LogP contribution in [0.3, 0.4) is 0 Å². The fourth-order valence-electron chi connectivity index (χ4n) is 7.23. The average Bonchev–Trinajstić information content (AvgIpc) is 3.82. The van der Waals surface area contributed by atoms with Crippen LogP contribution in [0, 0.1) is 0 Å². The molecule has 0 amide bonds. The second-order valence-electron chi connectivity index (χ2n) is 12.5. The van der Waals surface area contributed by atoms with Crippen LogP contribution in [-0.2, 0) is 0 Å². The van der Waals surface area contributed by atoms with Gasteiger partial charge in [-0.05, 0) is 88.0 Å². The van der Waals surface area contributed by atoms with E-state index in [2.05, 4.69) is 120 Å². The molecular formula is C48H31NS2. The van der Waals surface area contributed by atoms with E-state index in [1.807, 2.05) is 53.8 Å². The van der Waals surface area contributed by atoms with E-state index in [1.165, 1.54) is 51.5 Å². The van der Waals surface area contributed by atoms with E-state index >= 15 is 0 Å². The van der Waals surface area contributed by atoms with Crippen LogP contribution in [0.15, 0.2) is 188 Å². The molecule has 0 saturated carbocycles. The van der Waals surface area contributed by atoms with Crippen LogP contribution < -0.4 is 4.90 Å². The predicted octanol–water partition coefficient (Wildman–Crippen LogP) is 14.9. The fraction of sp³-hybridized carbons (Fsp3) is 0. The minimum absolute atomic E-state index is 0.190. The molecule has 0 N–H and O–H groups in total. The first-order valence-electron chi connectivity index (χ1n) is 19.3. The van der Waals surface area contributed by atoms with Crippen LogP contribution in [0.4, 0.5) is 17.1 Å². The maximum atomic E-state index is 8.55. The summed E-state index contributed by atoms with van der Waals surface area (Å²) in [6.45, 7) is 0. The summed E-state index contributed by atoms with van der Waals surface area (Å²) in [5.41, 5.74) is 8.32. The van der Waals surface area contributed by atoms with Crippen LogP contribution in [0.1, 0.15) is 6.85 Å². The van der Waals surface area contributed by atoms with Crippen LogP contribution in [0.25, 0.3) is 73.7 Å². The van der Waals surface area contributed by atoms with Crippen molar-refractivity contribution in [2.45, 2.75) is 0 Å². The Bertz CT molecular complexity index is 3100. The van der Waals surface area contributed by atoms with Crippen molar-refractivity contribution in [1.29, 1.82) is 0 Å². The lowest BCUT2D eigenvalue weighted by Crippen LogP contribution is -2.09. The maximum absolute atomic E-state index is 8.55. The Morgan fingerprint density at radius 1 is 0.373 bits per heavy atom. The van der Waals surface area contributed by atoms with E-state index in [4.69, 9.17) is 6.85 Å². The van der Waals surface area contributed by atoms with Gasteiger partial charge in [0, 0.05) is 57.4 Å². The van der Waals surface area contributed by atoms with Gasteiger partial charge in [0.15, 0.2) is 0 Å². The van der Waals surface area contributed by atoms with Crippen molar-refractivity contribution >= 4 is 80.1 Å². The highest BCUT2D eigenvalue weighted by atomic mass is 32.1. The van der Waals surface area contributed by atoms with Crippen molar-refractivity contribution in [3.05, 3.63) is 188 Å². The Kier molecular flexibility index (Phi) is 6.09. The predicted molar refractivity (Wildman–Crippen MR) is 223 cm³/mol. The molecule has 1 nitrogen and oxygen atoms in total. The number of rotatable bonds is 6. The SMILES string of the molecule is [2H]c1c([2H])c([2H])c(-c2ccc(N(c3ccc(-c4ccccc4)cc3)c3ccc4c(c3)sc3cccc(-c5cccc6sc7ccccc7c56)c34)cc2)c([2H])c1[2H]. The number of anilines is 3. The van der Waals surface area contributed by atoms with Crippen LogP contribution >= 0.6 is 22.7 Å². The van der Waals surface area contributed by atoms with Gasteiger partial charge in [0.05, 0.1) is 6.85 Å². The molecule has 0 aliphatic heterocycles. The Morgan fingerprint density at radius 3 is 1.55 bits per heavy atom. The first-order valence-corrected chi connectivity index (χ1v) is 18.5. The third-order valence-electron chi connectivity index (χ3n) is 9.58. The van der Waals surface area contributed by atoms with Crippen molar-refractivity contribution in [3.63, 3.8) is 0 Å². The fourth-order valence-corrected chi connectivity index (χ4v) is 9.53. The highest BCUT2D eigenvalue weighted by Gasteiger charge is 2.18. The minimum atomic E-state index is -0.397. The van der Waals surface area contributed by atoms with Gasteiger partial charge in [-0.25, -0.2) is 0 Å². The first kappa shape index (κ1) is 25.0. The van der Waals surface area contributed by atoms with E-state index in [1.54, 1.807) is 11.3 Å². The van der Waals surface area contributed by atoms with E-state index in [0.717, 1.165) is 28.2 Å². The van der Waals surface area contributed by atoms with E-state index in [9.17, 15) is 0 Å². The minimum Gasteiger partial charge on any atom is -0.310 e. The first-order chi connectivity index (χ1) is 27.4. The highest BCUT2D eigenvalue weighted by molar-refractivity contribution is 7.26. The van der Waals surface area contributed by atoms with Gasteiger partial charge in [-0.3, -0.25) is 0 Å². The molecule has 2 aromatic heterocycles. The lowest BCUT2D eigenvalue weighted by atomic mass is 9.95. The number of benzene rings is 8. The van der Waals surface area contributed by atoms with Gasteiger partial charge in [-0.15, -0.1) is 22.7 Å². The third-order valence-corrected chi connectivity index (χ3v) is 11.8. The molecule has 0 unspecified atom stereocenters. The highest BCUT2D eigenvalue weighted by Crippen LogP contribution is 2.47. The van der Waals surface area contributed by atoms with Gasteiger partial charge in [0.2, 0.25) is 0 Å². The Hall–Kier alpha value is -6.00.